The highest BCUT2D eigenvalue weighted by atomic mass is 32.2. The van der Waals surface area contributed by atoms with Gasteiger partial charge in [0, 0.05) is 38.6 Å². The van der Waals surface area contributed by atoms with E-state index in [1.165, 1.54) is 24.7 Å². The zero-order valence-corrected chi connectivity index (χ0v) is 17.2. The van der Waals surface area contributed by atoms with Crippen molar-refractivity contribution >= 4 is 9.84 Å². The first-order valence-electron chi connectivity index (χ1n) is 10.0. The Kier molecular flexibility index (Phi) is 5.75. The van der Waals surface area contributed by atoms with Gasteiger partial charge in [-0.25, -0.2) is 18.4 Å². The van der Waals surface area contributed by atoms with Crippen molar-refractivity contribution in [2.75, 3.05) is 32.4 Å². The molecule has 0 saturated carbocycles. The molecule has 4 rings (SSSR count). The van der Waals surface area contributed by atoms with E-state index in [2.05, 4.69) is 50.1 Å². The third kappa shape index (κ3) is 4.77. The second kappa shape index (κ2) is 8.27. The van der Waals surface area contributed by atoms with Crippen molar-refractivity contribution in [1.29, 1.82) is 0 Å². The Labute approximate surface area is 167 Å². The van der Waals surface area contributed by atoms with E-state index in [4.69, 9.17) is 0 Å². The van der Waals surface area contributed by atoms with Gasteiger partial charge in [0.1, 0.15) is 0 Å². The smallest absolute Gasteiger partial charge is 0.247 e. The minimum atomic E-state index is -3.36. The van der Waals surface area contributed by atoms with Crippen molar-refractivity contribution in [3.05, 3.63) is 53.3 Å². The summed E-state index contributed by atoms with van der Waals surface area (Å²) in [5, 5.41) is -0.0534. The highest BCUT2D eigenvalue weighted by Crippen LogP contribution is 2.23. The number of piperidine rings is 1. The molecule has 28 heavy (non-hydrogen) atoms. The lowest BCUT2D eigenvalue weighted by Crippen LogP contribution is -2.40. The summed E-state index contributed by atoms with van der Waals surface area (Å²) in [6.45, 7) is 6.12. The van der Waals surface area contributed by atoms with Crippen LogP contribution in [0, 0.1) is 5.92 Å². The van der Waals surface area contributed by atoms with Crippen LogP contribution in [0.4, 0.5) is 0 Å². The number of rotatable bonds is 5. The third-order valence-corrected chi connectivity index (χ3v) is 6.67. The molecule has 2 aromatic rings. The maximum absolute atomic E-state index is 11.7. The SMILES string of the molecule is CS(=O)(=O)c1ncc2c(n1)CN(CC1CCN(Cc3ccccc3)CC1)CC2. The van der Waals surface area contributed by atoms with Crippen LogP contribution < -0.4 is 0 Å². The summed E-state index contributed by atoms with van der Waals surface area (Å²) in [6, 6.07) is 10.7. The summed E-state index contributed by atoms with van der Waals surface area (Å²) in [5.74, 6) is 0.699. The van der Waals surface area contributed by atoms with Gasteiger partial charge in [-0.2, -0.15) is 0 Å². The van der Waals surface area contributed by atoms with Crippen molar-refractivity contribution in [1.82, 2.24) is 19.8 Å². The summed E-state index contributed by atoms with van der Waals surface area (Å²) in [6.07, 6.45) is 6.19. The van der Waals surface area contributed by atoms with Gasteiger partial charge in [-0.1, -0.05) is 30.3 Å². The van der Waals surface area contributed by atoms with E-state index in [-0.39, 0.29) is 5.16 Å². The van der Waals surface area contributed by atoms with Gasteiger partial charge < -0.3 is 0 Å². The first-order chi connectivity index (χ1) is 13.5. The van der Waals surface area contributed by atoms with Crippen LogP contribution in [0.1, 0.15) is 29.7 Å². The number of hydrogen-bond donors (Lipinski definition) is 0. The predicted molar refractivity (Wildman–Crippen MR) is 109 cm³/mol. The minimum absolute atomic E-state index is 0.0534. The molecule has 0 amide bonds. The molecule has 1 aromatic heterocycles. The Hall–Kier alpha value is -1.83. The number of nitrogens with zero attached hydrogens (tertiary/aromatic N) is 4. The molecule has 1 aromatic carbocycles. The Morgan fingerprint density at radius 3 is 2.54 bits per heavy atom. The Morgan fingerprint density at radius 2 is 1.82 bits per heavy atom. The maximum Gasteiger partial charge on any atom is 0.247 e. The summed E-state index contributed by atoms with van der Waals surface area (Å²) < 4.78 is 23.5. The molecule has 3 heterocycles. The number of hydrogen-bond acceptors (Lipinski definition) is 6. The molecule has 6 nitrogen and oxygen atoms in total. The van der Waals surface area contributed by atoms with Gasteiger partial charge >= 0.3 is 0 Å². The van der Waals surface area contributed by atoms with Crippen LogP contribution in [0.15, 0.2) is 41.7 Å². The van der Waals surface area contributed by atoms with E-state index >= 15 is 0 Å². The van der Waals surface area contributed by atoms with E-state index in [9.17, 15) is 8.42 Å². The summed E-state index contributed by atoms with van der Waals surface area (Å²) in [7, 11) is -3.36. The molecule has 2 aliphatic rings. The van der Waals surface area contributed by atoms with E-state index in [1.807, 2.05) is 0 Å². The summed E-state index contributed by atoms with van der Waals surface area (Å²) >= 11 is 0. The molecular weight excluding hydrogens is 372 g/mol. The predicted octanol–water partition coefficient (Wildman–Crippen LogP) is 2.15. The molecule has 0 unspecified atom stereocenters. The average molecular weight is 401 g/mol. The first kappa shape index (κ1) is 19.5. The van der Waals surface area contributed by atoms with Crippen LogP contribution in [-0.4, -0.2) is 60.6 Å². The molecule has 0 radical (unpaired) electrons. The van der Waals surface area contributed by atoms with E-state index in [0.717, 1.165) is 56.9 Å². The molecule has 1 fully saturated rings. The Balaban J connectivity index is 1.30. The highest BCUT2D eigenvalue weighted by molar-refractivity contribution is 7.90. The van der Waals surface area contributed by atoms with Crippen molar-refractivity contribution in [2.24, 2.45) is 5.92 Å². The fourth-order valence-corrected chi connectivity index (χ4v) is 4.73. The van der Waals surface area contributed by atoms with Crippen molar-refractivity contribution in [3.8, 4) is 0 Å². The van der Waals surface area contributed by atoms with Crippen LogP contribution in [0.25, 0.3) is 0 Å². The normalized spacial score (nSPS) is 19.5. The number of aromatic nitrogens is 2. The van der Waals surface area contributed by atoms with E-state index in [0.29, 0.717) is 5.92 Å². The van der Waals surface area contributed by atoms with Crippen LogP contribution in [0.5, 0.6) is 0 Å². The van der Waals surface area contributed by atoms with Gasteiger partial charge in [-0.15, -0.1) is 0 Å². The molecule has 0 bridgehead atoms. The van der Waals surface area contributed by atoms with Gasteiger partial charge in [0.2, 0.25) is 15.0 Å². The lowest BCUT2D eigenvalue weighted by Gasteiger charge is -2.36. The monoisotopic (exact) mass is 400 g/mol. The average Bonchev–Trinajstić information content (AvgIpc) is 2.69. The number of likely N-dealkylation sites (tertiary alicyclic amines) is 1. The zero-order chi connectivity index (χ0) is 19.6. The first-order valence-corrected chi connectivity index (χ1v) is 11.9. The number of benzene rings is 1. The minimum Gasteiger partial charge on any atom is -0.299 e. The van der Waals surface area contributed by atoms with Gasteiger partial charge in [0.25, 0.3) is 0 Å². The largest absolute Gasteiger partial charge is 0.299 e. The molecule has 1 saturated heterocycles. The Bertz CT molecular complexity index is 909. The van der Waals surface area contributed by atoms with Gasteiger partial charge in [0.05, 0.1) is 5.69 Å². The van der Waals surface area contributed by atoms with Crippen molar-refractivity contribution in [3.63, 3.8) is 0 Å². The molecule has 0 spiro atoms. The van der Waals surface area contributed by atoms with Gasteiger partial charge in [-0.05, 0) is 49.4 Å². The summed E-state index contributed by atoms with van der Waals surface area (Å²) in [4.78, 5) is 13.3. The summed E-state index contributed by atoms with van der Waals surface area (Å²) in [5.41, 5.74) is 3.35. The molecule has 150 valence electrons. The van der Waals surface area contributed by atoms with E-state index < -0.39 is 9.84 Å². The maximum atomic E-state index is 11.7. The van der Waals surface area contributed by atoms with Gasteiger partial charge in [-0.3, -0.25) is 9.80 Å². The topological polar surface area (TPSA) is 66.4 Å². The standard InChI is InChI=1S/C21H28N4O2S/c1-28(26,27)21-22-13-19-9-12-25(16-20(19)23-21)15-18-7-10-24(11-8-18)14-17-5-3-2-4-6-17/h2-6,13,18H,7-12,14-16H2,1H3. The molecule has 0 N–H and O–H groups in total. The van der Waals surface area contributed by atoms with Crippen LogP contribution >= 0.6 is 0 Å². The van der Waals surface area contributed by atoms with Gasteiger partial charge in [0.15, 0.2) is 0 Å². The lowest BCUT2D eigenvalue weighted by atomic mass is 9.94. The van der Waals surface area contributed by atoms with Crippen molar-refractivity contribution < 1.29 is 8.42 Å². The fraction of sp³-hybridized carbons (Fsp3) is 0.524. The van der Waals surface area contributed by atoms with Crippen LogP contribution in [0.2, 0.25) is 0 Å². The van der Waals surface area contributed by atoms with Crippen molar-refractivity contribution in [2.45, 2.75) is 37.5 Å². The molecular formula is C21H28N4O2S. The quantitative estimate of drug-likeness (QED) is 0.717. The zero-order valence-electron chi connectivity index (χ0n) is 16.4. The third-order valence-electron chi connectivity index (χ3n) is 5.81. The second-order valence-electron chi connectivity index (χ2n) is 8.09. The lowest BCUT2D eigenvalue weighted by molar-refractivity contribution is 0.131. The molecule has 7 heteroatoms. The second-order valence-corrected chi connectivity index (χ2v) is 10.00. The highest BCUT2D eigenvalue weighted by Gasteiger charge is 2.25. The molecule has 2 aliphatic heterocycles. The molecule has 0 atom stereocenters. The number of fused-ring (bicyclic) bond motifs is 1. The van der Waals surface area contributed by atoms with Crippen LogP contribution in [0.3, 0.4) is 0 Å². The molecule has 0 aliphatic carbocycles. The fourth-order valence-electron chi connectivity index (χ4n) is 4.21. The van der Waals surface area contributed by atoms with Crippen LogP contribution in [-0.2, 0) is 29.3 Å². The Morgan fingerprint density at radius 1 is 1.07 bits per heavy atom. The van der Waals surface area contributed by atoms with E-state index in [1.54, 1.807) is 6.20 Å². The number of sulfone groups is 1.